The average Bonchev–Trinajstić information content (AvgIpc) is 2.87. The van der Waals surface area contributed by atoms with E-state index in [-0.39, 0.29) is 18.3 Å². The standard InChI is InChI=1S/C15H21N3O2.ClH/c1-20-9-8-16-11-15(19)17-7-6-12-10-18-14-5-3-2-4-13(12)14;/h2-5,10,16,18H,6-9,11H2,1H3,(H,17,19);1H. The second kappa shape index (κ2) is 9.39. The fourth-order valence-electron chi connectivity index (χ4n) is 2.11. The van der Waals surface area contributed by atoms with Crippen molar-refractivity contribution >= 4 is 29.2 Å². The molecular weight excluding hydrogens is 290 g/mol. The van der Waals surface area contributed by atoms with Gasteiger partial charge in [0.05, 0.1) is 13.2 Å². The summed E-state index contributed by atoms with van der Waals surface area (Å²) in [7, 11) is 1.64. The van der Waals surface area contributed by atoms with Crippen LogP contribution in [-0.2, 0) is 16.0 Å². The van der Waals surface area contributed by atoms with Crippen LogP contribution in [0.3, 0.4) is 0 Å². The van der Waals surface area contributed by atoms with Crippen LogP contribution >= 0.6 is 12.4 Å². The number of carbonyl (C=O) groups excluding carboxylic acids is 1. The highest BCUT2D eigenvalue weighted by Gasteiger charge is 2.04. The molecule has 2 aromatic rings. The topological polar surface area (TPSA) is 66.2 Å². The first-order chi connectivity index (χ1) is 9.81. The minimum absolute atomic E-state index is 0. The van der Waals surface area contributed by atoms with Crippen LogP contribution in [0.15, 0.2) is 30.5 Å². The van der Waals surface area contributed by atoms with Crippen LogP contribution in [-0.4, -0.2) is 44.2 Å². The van der Waals surface area contributed by atoms with Crippen LogP contribution in [0.5, 0.6) is 0 Å². The molecule has 0 saturated carbocycles. The number of nitrogens with one attached hydrogen (secondary N) is 3. The fourth-order valence-corrected chi connectivity index (χ4v) is 2.11. The van der Waals surface area contributed by atoms with Crippen molar-refractivity contribution in [3.05, 3.63) is 36.0 Å². The molecule has 0 fully saturated rings. The number of amides is 1. The molecule has 0 unspecified atom stereocenters. The zero-order valence-electron chi connectivity index (χ0n) is 12.1. The molecule has 0 spiro atoms. The van der Waals surface area contributed by atoms with Crippen molar-refractivity contribution < 1.29 is 9.53 Å². The minimum Gasteiger partial charge on any atom is -0.383 e. The quantitative estimate of drug-likeness (QED) is 0.647. The molecule has 1 aromatic heterocycles. The third kappa shape index (κ3) is 5.38. The molecule has 1 aromatic carbocycles. The lowest BCUT2D eigenvalue weighted by Gasteiger charge is -2.06. The molecule has 0 bridgehead atoms. The number of hydrogen-bond donors (Lipinski definition) is 3. The Morgan fingerprint density at radius 3 is 2.90 bits per heavy atom. The Balaban J connectivity index is 0.00000220. The predicted molar refractivity (Wildman–Crippen MR) is 87.0 cm³/mol. The van der Waals surface area contributed by atoms with Crippen molar-refractivity contribution in [1.82, 2.24) is 15.6 Å². The van der Waals surface area contributed by atoms with Gasteiger partial charge in [-0.1, -0.05) is 18.2 Å². The summed E-state index contributed by atoms with van der Waals surface area (Å²) in [6, 6.07) is 8.18. The number of ether oxygens (including phenoxy) is 1. The third-order valence-electron chi connectivity index (χ3n) is 3.16. The molecule has 3 N–H and O–H groups in total. The first-order valence-corrected chi connectivity index (χ1v) is 6.82. The molecule has 0 aliphatic rings. The van der Waals surface area contributed by atoms with E-state index in [0.717, 1.165) is 11.9 Å². The molecule has 0 radical (unpaired) electrons. The lowest BCUT2D eigenvalue weighted by atomic mass is 10.1. The highest BCUT2D eigenvalue weighted by atomic mass is 35.5. The molecule has 2 rings (SSSR count). The lowest BCUT2D eigenvalue weighted by Crippen LogP contribution is -2.36. The summed E-state index contributed by atoms with van der Waals surface area (Å²) in [6.07, 6.45) is 2.83. The van der Waals surface area contributed by atoms with E-state index in [2.05, 4.69) is 27.8 Å². The van der Waals surface area contributed by atoms with Crippen molar-refractivity contribution in [3.63, 3.8) is 0 Å². The normalized spacial score (nSPS) is 10.3. The molecule has 0 atom stereocenters. The summed E-state index contributed by atoms with van der Waals surface area (Å²) in [5.41, 5.74) is 2.36. The smallest absolute Gasteiger partial charge is 0.233 e. The van der Waals surface area contributed by atoms with Gasteiger partial charge in [0.2, 0.25) is 5.91 Å². The van der Waals surface area contributed by atoms with Gasteiger partial charge in [-0.2, -0.15) is 0 Å². The van der Waals surface area contributed by atoms with Crippen LogP contribution in [0, 0.1) is 0 Å². The molecule has 5 nitrogen and oxygen atoms in total. The number of rotatable bonds is 8. The maximum atomic E-state index is 11.6. The molecule has 0 aliphatic carbocycles. The van der Waals surface area contributed by atoms with Crippen LogP contribution in [0.25, 0.3) is 10.9 Å². The van der Waals surface area contributed by atoms with Gasteiger partial charge in [-0.3, -0.25) is 4.79 Å². The van der Waals surface area contributed by atoms with Crippen molar-refractivity contribution in [1.29, 1.82) is 0 Å². The van der Waals surface area contributed by atoms with E-state index in [9.17, 15) is 4.79 Å². The minimum atomic E-state index is 0. The Bertz CT molecular complexity index is 557. The number of carbonyl (C=O) groups is 1. The summed E-state index contributed by atoms with van der Waals surface area (Å²) in [4.78, 5) is 14.8. The Morgan fingerprint density at radius 1 is 1.29 bits per heavy atom. The van der Waals surface area contributed by atoms with Crippen molar-refractivity contribution in [2.75, 3.05) is 33.4 Å². The lowest BCUT2D eigenvalue weighted by molar-refractivity contribution is -0.120. The summed E-state index contributed by atoms with van der Waals surface area (Å²) in [6.45, 7) is 2.28. The van der Waals surface area contributed by atoms with E-state index in [1.165, 1.54) is 10.9 Å². The summed E-state index contributed by atoms with van der Waals surface area (Å²) >= 11 is 0. The van der Waals surface area contributed by atoms with Crippen molar-refractivity contribution in [2.45, 2.75) is 6.42 Å². The fraction of sp³-hybridized carbons (Fsp3) is 0.400. The zero-order valence-corrected chi connectivity index (χ0v) is 13.0. The van der Waals surface area contributed by atoms with E-state index in [0.29, 0.717) is 26.2 Å². The van der Waals surface area contributed by atoms with Gasteiger partial charge in [0, 0.05) is 37.3 Å². The largest absolute Gasteiger partial charge is 0.383 e. The summed E-state index contributed by atoms with van der Waals surface area (Å²) in [5, 5.41) is 7.14. The van der Waals surface area contributed by atoms with Gasteiger partial charge < -0.3 is 20.4 Å². The van der Waals surface area contributed by atoms with Gasteiger partial charge in [-0.25, -0.2) is 0 Å². The van der Waals surface area contributed by atoms with E-state index in [4.69, 9.17) is 4.74 Å². The number of fused-ring (bicyclic) bond motifs is 1. The number of halogens is 1. The van der Waals surface area contributed by atoms with Gasteiger partial charge in [0.15, 0.2) is 0 Å². The second-order valence-corrected chi connectivity index (χ2v) is 4.63. The van der Waals surface area contributed by atoms with E-state index < -0.39 is 0 Å². The maximum absolute atomic E-state index is 11.6. The van der Waals surface area contributed by atoms with Gasteiger partial charge >= 0.3 is 0 Å². The molecule has 1 amide bonds. The third-order valence-corrected chi connectivity index (χ3v) is 3.16. The monoisotopic (exact) mass is 311 g/mol. The van der Waals surface area contributed by atoms with E-state index >= 15 is 0 Å². The molecule has 0 saturated heterocycles. The van der Waals surface area contributed by atoms with Crippen LogP contribution in [0.4, 0.5) is 0 Å². The number of aromatic nitrogens is 1. The molecule has 6 heteroatoms. The van der Waals surface area contributed by atoms with Crippen LogP contribution in [0.2, 0.25) is 0 Å². The van der Waals surface area contributed by atoms with Gasteiger partial charge in [0.1, 0.15) is 0 Å². The maximum Gasteiger partial charge on any atom is 0.233 e. The Labute approximate surface area is 130 Å². The molecule has 0 aliphatic heterocycles. The number of para-hydroxylation sites is 1. The van der Waals surface area contributed by atoms with E-state index in [1.54, 1.807) is 7.11 Å². The Hall–Kier alpha value is -1.56. The summed E-state index contributed by atoms with van der Waals surface area (Å²) in [5.74, 6) is 0.0148. The SMILES string of the molecule is COCCNCC(=O)NCCc1c[nH]c2ccccc12.Cl. The zero-order chi connectivity index (χ0) is 14.2. The van der Waals surface area contributed by atoms with Crippen molar-refractivity contribution in [3.8, 4) is 0 Å². The van der Waals surface area contributed by atoms with Gasteiger partial charge in [-0.05, 0) is 18.1 Å². The highest BCUT2D eigenvalue weighted by molar-refractivity contribution is 5.85. The Kier molecular flexibility index (Phi) is 7.82. The van der Waals surface area contributed by atoms with Gasteiger partial charge in [-0.15, -0.1) is 12.4 Å². The first-order valence-electron chi connectivity index (χ1n) is 6.82. The number of hydrogen-bond acceptors (Lipinski definition) is 3. The second-order valence-electron chi connectivity index (χ2n) is 4.63. The predicted octanol–water partition coefficient (Wildman–Crippen LogP) is 1.48. The molecule has 116 valence electrons. The first kappa shape index (κ1) is 17.5. The number of aromatic amines is 1. The molecule has 1 heterocycles. The number of H-pyrrole nitrogens is 1. The molecule has 21 heavy (non-hydrogen) atoms. The summed E-state index contributed by atoms with van der Waals surface area (Å²) < 4.78 is 4.90. The van der Waals surface area contributed by atoms with Gasteiger partial charge in [0.25, 0.3) is 0 Å². The van der Waals surface area contributed by atoms with E-state index in [1.807, 2.05) is 18.3 Å². The number of methoxy groups -OCH3 is 1. The molecular formula is C15H22ClN3O2. The average molecular weight is 312 g/mol. The Morgan fingerprint density at radius 2 is 2.10 bits per heavy atom. The van der Waals surface area contributed by atoms with Crippen molar-refractivity contribution in [2.24, 2.45) is 0 Å². The van der Waals surface area contributed by atoms with Crippen LogP contribution < -0.4 is 10.6 Å². The number of benzene rings is 1. The highest BCUT2D eigenvalue weighted by Crippen LogP contribution is 2.17. The van der Waals surface area contributed by atoms with Crippen LogP contribution in [0.1, 0.15) is 5.56 Å².